The largest absolute Gasteiger partial charge is 0.396 e. The fourth-order valence-corrected chi connectivity index (χ4v) is 1.18. The maximum atomic E-state index is 13.3. The molecule has 0 spiro atoms. The number of aliphatic hydroxyl groups is 1. The van der Waals surface area contributed by atoms with E-state index in [2.05, 4.69) is 0 Å². The summed E-state index contributed by atoms with van der Waals surface area (Å²) in [6, 6.07) is 3.24. The molecule has 0 aliphatic rings. The minimum Gasteiger partial charge on any atom is -0.396 e. The van der Waals surface area contributed by atoms with Crippen molar-refractivity contribution in [3.05, 3.63) is 34.1 Å². The van der Waals surface area contributed by atoms with Crippen LogP contribution in [0.4, 0.5) is 4.39 Å². The lowest BCUT2D eigenvalue weighted by Crippen LogP contribution is -1.97. The van der Waals surface area contributed by atoms with Gasteiger partial charge in [-0.3, -0.25) is 0 Å². The zero-order valence-corrected chi connectivity index (χ0v) is 7.53. The van der Waals surface area contributed by atoms with E-state index in [1.54, 1.807) is 19.1 Å². The third-order valence-electron chi connectivity index (χ3n) is 1.78. The molecule has 1 aromatic carbocycles. The zero-order chi connectivity index (χ0) is 9.14. The molecule has 66 valence electrons. The Morgan fingerprint density at radius 2 is 2.17 bits per heavy atom. The van der Waals surface area contributed by atoms with E-state index in [9.17, 15) is 4.39 Å². The molecule has 0 atom stereocenters. The summed E-state index contributed by atoms with van der Waals surface area (Å²) in [6.07, 6.45) is 0.337. The van der Waals surface area contributed by atoms with Crippen LogP contribution in [0, 0.1) is 12.7 Å². The summed E-state index contributed by atoms with van der Waals surface area (Å²) >= 11 is 5.68. The van der Waals surface area contributed by atoms with Crippen LogP contribution < -0.4 is 0 Å². The van der Waals surface area contributed by atoms with Crippen molar-refractivity contribution in [3.8, 4) is 0 Å². The summed E-state index contributed by atoms with van der Waals surface area (Å²) in [5.41, 5.74) is 0.960. The van der Waals surface area contributed by atoms with Crippen LogP contribution in [0.25, 0.3) is 0 Å². The second-order valence-corrected chi connectivity index (χ2v) is 3.03. The highest BCUT2D eigenvalue weighted by Gasteiger charge is 2.07. The fourth-order valence-electron chi connectivity index (χ4n) is 1.03. The molecule has 0 amide bonds. The molecule has 0 aliphatic carbocycles. The predicted molar refractivity (Wildman–Crippen MR) is 46.9 cm³/mol. The first-order valence-corrected chi connectivity index (χ1v) is 4.09. The van der Waals surface area contributed by atoms with Crippen molar-refractivity contribution < 1.29 is 9.50 Å². The van der Waals surface area contributed by atoms with Crippen molar-refractivity contribution >= 4 is 11.6 Å². The summed E-state index contributed by atoms with van der Waals surface area (Å²) < 4.78 is 13.3. The SMILES string of the molecule is Cc1c(Cl)ccc(CCO)c1F. The molecule has 0 bridgehead atoms. The number of benzene rings is 1. The van der Waals surface area contributed by atoms with E-state index in [1.807, 2.05) is 0 Å². The van der Waals surface area contributed by atoms with Crippen molar-refractivity contribution in [1.29, 1.82) is 0 Å². The molecule has 12 heavy (non-hydrogen) atoms. The first kappa shape index (κ1) is 9.49. The molecule has 0 fully saturated rings. The molecule has 0 unspecified atom stereocenters. The lowest BCUT2D eigenvalue weighted by Gasteiger charge is -2.04. The molecule has 1 nitrogen and oxygen atoms in total. The molecule has 0 saturated heterocycles. The smallest absolute Gasteiger partial charge is 0.130 e. The standard InChI is InChI=1S/C9H10ClFO/c1-6-8(10)3-2-7(4-5-12)9(6)11/h2-3,12H,4-5H2,1H3. The summed E-state index contributed by atoms with van der Waals surface area (Å²) in [6.45, 7) is 1.58. The van der Waals surface area contributed by atoms with Crippen molar-refractivity contribution in [2.75, 3.05) is 6.61 Å². The Balaban J connectivity index is 3.08. The van der Waals surface area contributed by atoms with Gasteiger partial charge in [-0.2, -0.15) is 0 Å². The van der Waals surface area contributed by atoms with Gasteiger partial charge in [-0.25, -0.2) is 4.39 Å². The topological polar surface area (TPSA) is 20.2 Å². The maximum absolute atomic E-state index is 13.3. The number of rotatable bonds is 2. The molecular weight excluding hydrogens is 179 g/mol. The average Bonchev–Trinajstić information content (AvgIpc) is 2.07. The van der Waals surface area contributed by atoms with Gasteiger partial charge in [0.1, 0.15) is 5.82 Å². The predicted octanol–water partition coefficient (Wildman–Crippen LogP) is 2.32. The highest BCUT2D eigenvalue weighted by Crippen LogP contribution is 2.21. The van der Waals surface area contributed by atoms with Gasteiger partial charge in [0.25, 0.3) is 0 Å². The highest BCUT2D eigenvalue weighted by molar-refractivity contribution is 6.31. The lowest BCUT2D eigenvalue weighted by atomic mass is 10.1. The minimum absolute atomic E-state index is 0.0437. The Morgan fingerprint density at radius 3 is 2.75 bits per heavy atom. The second-order valence-electron chi connectivity index (χ2n) is 2.62. The Labute approximate surface area is 75.8 Å². The van der Waals surface area contributed by atoms with Crippen molar-refractivity contribution in [2.45, 2.75) is 13.3 Å². The van der Waals surface area contributed by atoms with Crippen LogP contribution in [-0.4, -0.2) is 11.7 Å². The van der Waals surface area contributed by atoms with Crippen LogP contribution in [0.15, 0.2) is 12.1 Å². The summed E-state index contributed by atoms with van der Waals surface area (Å²) in [5, 5.41) is 9.03. The van der Waals surface area contributed by atoms with E-state index in [0.717, 1.165) is 0 Å². The first-order chi connectivity index (χ1) is 5.66. The van der Waals surface area contributed by atoms with Gasteiger partial charge in [0, 0.05) is 17.2 Å². The average molecular weight is 189 g/mol. The van der Waals surface area contributed by atoms with Gasteiger partial charge in [-0.1, -0.05) is 17.7 Å². The van der Waals surface area contributed by atoms with E-state index in [1.165, 1.54) is 0 Å². The Morgan fingerprint density at radius 1 is 1.50 bits per heavy atom. The van der Waals surface area contributed by atoms with Gasteiger partial charge in [0.2, 0.25) is 0 Å². The molecule has 1 N–H and O–H groups in total. The monoisotopic (exact) mass is 188 g/mol. The third-order valence-corrected chi connectivity index (χ3v) is 2.19. The minimum atomic E-state index is -0.309. The summed E-state index contributed by atoms with van der Waals surface area (Å²) in [4.78, 5) is 0. The maximum Gasteiger partial charge on any atom is 0.130 e. The number of hydrogen-bond donors (Lipinski definition) is 1. The van der Waals surface area contributed by atoms with Gasteiger partial charge in [0.15, 0.2) is 0 Å². The molecule has 1 aromatic rings. The van der Waals surface area contributed by atoms with Crippen LogP contribution in [0.2, 0.25) is 5.02 Å². The molecule has 0 aliphatic heterocycles. The fraction of sp³-hybridized carbons (Fsp3) is 0.333. The van der Waals surface area contributed by atoms with Crippen molar-refractivity contribution in [1.82, 2.24) is 0 Å². The molecule has 0 radical (unpaired) electrons. The van der Waals surface area contributed by atoms with E-state index in [-0.39, 0.29) is 12.4 Å². The summed E-state index contributed by atoms with van der Waals surface area (Å²) in [5.74, 6) is -0.309. The summed E-state index contributed by atoms with van der Waals surface area (Å²) in [7, 11) is 0. The lowest BCUT2D eigenvalue weighted by molar-refractivity contribution is 0.297. The van der Waals surface area contributed by atoms with Crippen molar-refractivity contribution in [3.63, 3.8) is 0 Å². The van der Waals surface area contributed by atoms with E-state index in [0.29, 0.717) is 22.6 Å². The van der Waals surface area contributed by atoms with E-state index in [4.69, 9.17) is 16.7 Å². The molecule has 0 saturated carbocycles. The first-order valence-electron chi connectivity index (χ1n) is 3.71. The third kappa shape index (κ3) is 1.76. The number of aliphatic hydroxyl groups excluding tert-OH is 1. The van der Waals surface area contributed by atoms with Crippen molar-refractivity contribution in [2.24, 2.45) is 0 Å². The van der Waals surface area contributed by atoms with E-state index >= 15 is 0 Å². The van der Waals surface area contributed by atoms with Crippen LogP contribution in [-0.2, 0) is 6.42 Å². The van der Waals surface area contributed by atoms with Crippen LogP contribution >= 0.6 is 11.6 Å². The second kappa shape index (κ2) is 3.87. The zero-order valence-electron chi connectivity index (χ0n) is 6.77. The number of hydrogen-bond acceptors (Lipinski definition) is 1. The Kier molecular flexibility index (Phi) is 3.06. The van der Waals surface area contributed by atoms with Gasteiger partial charge in [-0.05, 0) is 25.0 Å². The van der Waals surface area contributed by atoms with Crippen LogP contribution in [0.1, 0.15) is 11.1 Å². The van der Waals surface area contributed by atoms with Gasteiger partial charge in [0.05, 0.1) is 0 Å². The molecular formula is C9H10ClFO. The van der Waals surface area contributed by atoms with Gasteiger partial charge in [-0.15, -0.1) is 0 Å². The molecule has 3 heteroatoms. The normalized spacial score (nSPS) is 10.3. The van der Waals surface area contributed by atoms with Gasteiger partial charge >= 0.3 is 0 Å². The Bertz CT molecular complexity index is 286. The van der Waals surface area contributed by atoms with E-state index < -0.39 is 0 Å². The molecule has 0 heterocycles. The van der Waals surface area contributed by atoms with Gasteiger partial charge < -0.3 is 5.11 Å². The Hall–Kier alpha value is -0.600. The number of halogens is 2. The quantitative estimate of drug-likeness (QED) is 0.755. The van der Waals surface area contributed by atoms with Crippen LogP contribution in [0.5, 0.6) is 0 Å². The molecule has 0 aromatic heterocycles. The highest BCUT2D eigenvalue weighted by atomic mass is 35.5. The van der Waals surface area contributed by atoms with Crippen LogP contribution in [0.3, 0.4) is 0 Å². The molecule has 1 rings (SSSR count).